The molecule has 1 amide bonds. The van der Waals surface area contributed by atoms with Crippen LogP contribution in [0.2, 0.25) is 0 Å². The highest BCUT2D eigenvalue weighted by Gasteiger charge is 2.24. The molecule has 3 aromatic rings. The monoisotopic (exact) mass is 465 g/mol. The second kappa shape index (κ2) is 9.74. The molecule has 8 nitrogen and oxygen atoms in total. The van der Waals surface area contributed by atoms with E-state index in [2.05, 4.69) is 56.2 Å². The minimum Gasteiger partial charge on any atom is -0.486 e. The molecular weight excluding hydrogens is 438 g/mol. The highest BCUT2D eigenvalue weighted by Crippen LogP contribution is 2.31. The van der Waals surface area contributed by atoms with Crippen LogP contribution in [0.1, 0.15) is 18.4 Å². The van der Waals surface area contributed by atoms with Gasteiger partial charge in [-0.15, -0.1) is 10.2 Å². The summed E-state index contributed by atoms with van der Waals surface area (Å²) in [5, 5.41) is 12.5. The van der Waals surface area contributed by atoms with Gasteiger partial charge in [0.05, 0.1) is 18.0 Å². The van der Waals surface area contributed by atoms with Crippen molar-refractivity contribution >= 4 is 23.6 Å². The molecule has 2 aliphatic heterocycles. The third-order valence-corrected chi connectivity index (χ3v) is 6.65. The number of rotatable bonds is 7. The summed E-state index contributed by atoms with van der Waals surface area (Å²) in [5.41, 5.74) is 2.20. The van der Waals surface area contributed by atoms with Crippen molar-refractivity contribution < 1.29 is 14.3 Å². The first-order chi connectivity index (χ1) is 16.2. The van der Waals surface area contributed by atoms with Crippen LogP contribution in [-0.2, 0) is 4.79 Å². The molecule has 1 saturated heterocycles. The Morgan fingerprint density at radius 2 is 1.85 bits per heavy atom. The van der Waals surface area contributed by atoms with Gasteiger partial charge in [-0.3, -0.25) is 9.36 Å². The quantitative estimate of drug-likeness (QED) is 0.537. The zero-order chi connectivity index (χ0) is 22.6. The summed E-state index contributed by atoms with van der Waals surface area (Å²) >= 11 is 1.39. The van der Waals surface area contributed by atoms with Crippen LogP contribution in [0, 0.1) is 6.92 Å². The average Bonchev–Trinajstić information content (AvgIpc) is 3.52. The molecular formula is C24H27N5O3S. The molecule has 0 bridgehead atoms. The fourth-order valence-corrected chi connectivity index (χ4v) is 4.75. The van der Waals surface area contributed by atoms with Crippen molar-refractivity contribution in [1.82, 2.24) is 20.1 Å². The first kappa shape index (κ1) is 21.6. The molecule has 3 heterocycles. The molecule has 1 atom stereocenters. The van der Waals surface area contributed by atoms with E-state index in [1.165, 1.54) is 17.3 Å². The van der Waals surface area contributed by atoms with E-state index in [0.717, 1.165) is 43.3 Å². The largest absolute Gasteiger partial charge is 0.486 e. The lowest BCUT2D eigenvalue weighted by molar-refractivity contribution is -0.119. The third-order valence-electron chi connectivity index (χ3n) is 5.72. The number of nitrogens with zero attached hydrogens (tertiary/aromatic N) is 4. The van der Waals surface area contributed by atoms with Gasteiger partial charge in [0, 0.05) is 13.1 Å². The smallest absolute Gasteiger partial charge is 0.232 e. The molecule has 1 fully saturated rings. The van der Waals surface area contributed by atoms with E-state index in [1.54, 1.807) is 0 Å². The minimum absolute atomic E-state index is 0.0800. The van der Waals surface area contributed by atoms with Crippen molar-refractivity contribution in [2.45, 2.75) is 31.0 Å². The summed E-state index contributed by atoms with van der Waals surface area (Å²) in [6.07, 6.45) is 2.10. The van der Waals surface area contributed by atoms with Crippen LogP contribution in [-0.4, -0.2) is 58.8 Å². The normalized spacial score (nSPS) is 17.2. The molecule has 1 N–H and O–H groups in total. The molecule has 0 spiro atoms. The Hall–Kier alpha value is -3.20. The number of carbonyl (C=O) groups is 1. The standard InChI is InChI=1S/C24H27N5O3S/c1-17-8-10-18(11-9-17)29-23(28-12-4-5-13-28)26-27-24(29)33-16-22(30)25-14-19-15-31-20-6-2-3-7-21(20)32-19/h2-3,6-11,19H,4-5,12-16H2,1H3,(H,25,30)/t19-/m0/s1. The van der Waals surface area contributed by atoms with Crippen LogP contribution < -0.4 is 19.7 Å². The van der Waals surface area contributed by atoms with Crippen LogP contribution in [0.4, 0.5) is 5.95 Å². The van der Waals surface area contributed by atoms with E-state index in [4.69, 9.17) is 9.47 Å². The maximum Gasteiger partial charge on any atom is 0.232 e. The van der Waals surface area contributed by atoms with Gasteiger partial charge in [0.25, 0.3) is 0 Å². The van der Waals surface area contributed by atoms with Crippen molar-refractivity contribution in [3.05, 3.63) is 54.1 Å². The number of aryl methyl sites for hydroxylation is 1. The second-order valence-corrected chi connectivity index (χ2v) is 9.18. The maximum absolute atomic E-state index is 12.6. The number of ether oxygens (including phenoxy) is 2. The number of amides is 1. The number of anilines is 1. The van der Waals surface area contributed by atoms with E-state index >= 15 is 0 Å². The number of para-hydroxylation sites is 2. The lowest BCUT2D eigenvalue weighted by Gasteiger charge is -2.26. The topological polar surface area (TPSA) is 81.5 Å². The average molecular weight is 466 g/mol. The van der Waals surface area contributed by atoms with Crippen molar-refractivity contribution in [2.75, 3.05) is 36.9 Å². The number of aromatic nitrogens is 3. The van der Waals surface area contributed by atoms with Crippen molar-refractivity contribution in [3.63, 3.8) is 0 Å². The van der Waals surface area contributed by atoms with Gasteiger partial charge in [0.1, 0.15) is 12.7 Å². The summed E-state index contributed by atoms with van der Waals surface area (Å²) in [6, 6.07) is 15.9. The number of benzene rings is 2. The Kier molecular flexibility index (Phi) is 6.39. The van der Waals surface area contributed by atoms with Gasteiger partial charge in [-0.05, 0) is 44.0 Å². The number of hydrogen-bond acceptors (Lipinski definition) is 7. The molecule has 2 aliphatic rings. The van der Waals surface area contributed by atoms with E-state index in [9.17, 15) is 4.79 Å². The molecule has 1 aromatic heterocycles. The Balaban J connectivity index is 1.22. The molecule has 0 aliphatic carbocycles. The first-order valence-corrected chi connectivity index (χ1v) is 12.2. The second-order valence-electron chi connectivity index (χ2n) is 8.24. The van der Waals surface area contributed by atoms with Crippen LogP contribution in [0.25, 0.3) is 5.69 Å². The van der Waals surface area contributed by atoms with Gasteiger partial charge in [0.15, 0.2) is 16.7 Å². The minimum atomic E-state index is -0.216. The van der Waals surface area contributed by atoms with E-state index in [1.807, 2.05) is 24.3 Å². The van der Waals surface area contributed by atoms with Crippen LogP contribution in [0.5, 0.6) is 11.5 Å². The fourth-order valence-electron chi connectivity index (χ4n) is 3.97. The Labute approximate surface area is 197 Å². The number of thioether (sulfide) groups is 1. The first-order valence-electron chi connectivity index (χ1n) is 11.2. The molecule has 172 valence electrons. The Bertz CT molecular complexity index is 1110. The van der Waals surface area contributed by atoms with E-state index in [-0.39, 0.29) is 17.8 Å². The number of nitrogens with one attached hydrogen (secondary N) is 1. The summed E-state index contributed by atoms with van der Waals surface area (Å²) < 4.78 is 13.7. The number of carbonyl (C=O) groups excluding carboxylic acids is 1. The molecule has 33 heavy (non-hydrogen) atoms. The molecule has 9 heteroatoms. The Morgan fingerprint density at radius 1 is 1.09 bits per heavy atom. The van der Waals surface area contributed by atoms with Gasteiger partial charge in [0.2, 0.25) is 11.9 Å². The summed E-state index contributed by atoms with van der Waals surface area (Å²) in [5.74, 6) is 2.45. The van der Waals surface area contributed by atoms with Crippen LogP contribution in [0.15, 0.2) is 53.7 Å². The highest BCUT2D eigenvalue weighted by atomic mass is 32.2. The van der Waals surface area contributed by atoms with Gasteiger partial charge in [-0.25, -0.2) is 0 Å². The predicted octanol–water partition coefficient (Wildman–Crippen LogP) is 3.22. The van der Waals surface area contributed by atoms with Gasteiger partial charge in [-0.1, -0.05) is 41.6 Å². The van der Waals surface area contributed by atoms with Crippen molar-refractivity contribution in [3.8, 4) is 17.2 Å². The third kappa shape index (κ3) is 4.93. The number of fused-ring (bicyclic) bond motifs is 1. The fraction of sp³-hybridized carbons (Fsp3) is 0.375. The van der Waals surface area contributed by atoms with Crippen LogP contribution >= 0.6 is 11.8 Å². The van der Waals surface area contributed by atoms with Gasteiger partial charge >= 0.3 is 0 Å². The summed E-state index contributed by atoms with van der Waals surface area (Å²) in [6.45, 7) is 4.81. The predicted molar refractivity (Wildman–Crippen MR) is 128 cm³/mol. The van der Waals surface area contributed by atoms with E-state index < -0.39 is 0 Å². The SMILES string of the molecule is Cc1ccc(-n2c(SCC(=O)NC[C@H]3COc4ccccc4O3)nnc2N2CCCC2)cc1. The lowest BCUT2D eigenvalue weighted by Crippen LogP contribution is -2.41. The van der Waals surface area contributed by atoms with Gasteiger partial charge in [-0.2, -0.15) is 0 Å². The lowest BCUT2D eigenvalue weighted by atomic mass is 10.2. The highest BCUT2D eigenvalue weighted by molar-refractivity contribution is 7.99. The van der Waals surface area contributed by atoms with Crippen molar-refractivity contribution in [2.24, 2.45) is 0 Å². The zero-order valence-corrected chi connectivity index (χ0v) is 19.4. The maximum atomic E-state index is 12.6. The molecule has 2 aromatic carbocycles. The molecule has 0 saturated carbocycles. The Morgan fingerprint density at radius 3 is 2.64 bits per heavy atom. The molecule has 0 unspecified atom stereocenters. The summed E-state index contributed by atoms with van der Waals surface area (Å²) in [4.78, 5) is 14.8. The van der Waals surface area contributed by atoms with Crippen molar-refractivity contribution in [1.29, 1.82) is 0 Å². The molecule has 5 rings (SSSR count). The number of hydrogen-bond donors (Lipinski definition) is 1. The molecule has 0 radical (unpaired) electrons. The zero-order valence-electron chi connectivity index (χ0n) is 18.6. The summed E-state index contributed by atoms with van der Waals surface area (Å²) in [7, 11) is 0. The van der Waals surface area contributed by atoms with Crippen LogP contribution in [0.3, 0.4) is 0 Å². The van der Waals surface area contributed by atoms with Gasteiger partial charge < -0.3 is 19.7 Å². The van der Waals surface area contributed by atoms with E-state index in [0.29, 0.717) is 24.1 Å².